The van der Waals surface area contributed by atoms with Crippen LogP contribution in [0.1, 0.15) is 12.8 Å². The molecule has 1 amide bonds. The van der Waals surface area contributed by atoms with E-state index in [1.165, 1.54) is 0 Å². The minimum atomic E-state index is -2.51. The average molecular weight is 272 g/mol. The monoisotopic (exact) mass is 272 g/mol. The van der Waals surface area contributed by atoms with Gasteiger partial charge >= 0.3 is 0 Å². The van der Waals surface area contributed by atoms with E-state index in [9.17, 15) is 13.6 Å². The number of para-hydroxylation sites is 1. The van der Waals surface area contributed by atoms with Crippen molar-refractivity contribution < 1.29 is 13.6 Å². The van der Waals surface area contributed by atoms with Crippen molar-refractivity contribution in [2.24, 2.45) is 11.1 Å². The number of amides is 1. The van der Waals surface area contributed by atoms with Crippen LogP contribution in [0.4, 0.5) is 14.5 Å². The third-order valence-corrected chi connectivity index (χ3v) is 3.87. The largest absolute Gasteiger partial charge is 0.329 e. The molecule has 0 aromatic heterocycles. The fourth-order valence-electron chi connectivity index (χ4n) is 1.70. The van der Waals surface area contributed by atoms with Gasteiger partial charge in [-0.05, 0) is 25.0 Å². The molecule has 0 bridgehead atoms. The third-order valence-electron chi connectivity index (χ3n) is 3.08. The highest BCUT2D eigenvalue weighted by Crippen LogP contribution is 2.45. The van der Waals surface area contributed by atoms with Crippen LogP contribution in [0, 0.1) is 5.41 Å². The Kier molecular flexibility index (Phi) is 3.87. The lowest BCUT2D eigenvalue weighted by Crippen LogP contribution is -2.31. The molecule has 0 saturated heterocycles. The molecule has 0 unspecified atom stereocenters. The summed E-state index contributed by atoms with van der Waals surface area (Å²) in [5.41, 5.74) is 5.50. The fraction of sp³-hybridized carbons (Fsp3) is 0.417. The predicted octanol–water partition coefficient (Wildman–Crippen LogP) is 2.68. The Balaban J connectivity index is 2.11. The summed E-state index contributed by atoms with van der Waals surface area (Å²) in [5, 5.41) is 2.70. The number of rotatable bonds is 5. The van der Waals surface area contributed by atoms with Crippen LogP contribution < -0.4 is 11.1 Å². The molecule has 0 radical (unpaired) electrons. The van der Waals surface area contributed by atoms with Gasteiger partial charge < -0.3 is 11.1 Å². The summed E-state index contributed by atoms with van der Waals surface area (Å²) < 4.78 is 24.8. The van der Waals surface area contributed by atoms with E-state index in [-0.39, 0.29) is 5.91 Å². The molecule has 1 aromatic carbocycles. The second kappa shape index (κ2) is 5.24. The van der Waals surface area contributed by atoms with Crippen LogP contribution >= 0.6 is 11.8 Å². The molecule has 0 atom stereocenters. The summed E-state index contributed by atoms with van der Waals surface area (Å²) in [6, 6.07) is 6.55. The van der Waals surface area contributed by atoms with Crippen LogP contribution in [0.2, 0.25) is 0 Å². The van der Waals surface area contributed by atoms with E-state index in [0.717, 1.165) is 12.8 Å². The lowest BCUT2D eigenvalue weighted by Gasteiger charge is -2.15. The zero-order chi connectivity index (χ0) is 13.2. The average Bonchev–Trinajstić information content (AvgIpc) is 3.12. The minimum Gasteiger partial charge on any atom is -0.329 e. The normalized spacial score (nSPS) is 16.7. The molecule has 1 aliphatic rings. The Labute approximate surface area is 108 Å². The summed E-state index contributed by atoms with van der Waals surface area (Å²) in [6.07, 6.45) is 1.53. The van der Waals surface area contributed by atoms with Crippen molar-refractivity contribution >= 4 is 23.4 Å². The molecule has 1 fully saturated rings. The highest BCUT2D eigenvalue weighted by Gasteiger charge is 2.48. The van der Waals surface area contributed by atoms with Crippen LogP contribution in [0.25, 0.3) is 0 Å². The second-order valence-corrected chi connectivity index (χ2v) is 5.35. The van der Waals surface area contributed by atoms with Gasteiger partial charge in [0, 0.05) is 11.4 Å². The number of carbonyl (C=O) groups excluding carboxylic acids is 1. The quantitative estimate of drug-likeness (QED) is 0.810. The van der Waals surface area contributed by atoms with E-state index >= 15 is 0 Å². The Bertz CT molecular complexity index is 449. The number of carbonyl (C=O) groups is 1. The number of nitrogens with one attached hydrogen (secondary N) is 1. The molecule has 1 saturated carbocycles. The summed E-state index contributed by atoms with van der Waals surface area (Å²) >= 11 is 0.426. The molecule has 18 heavy (non-hydrogen) atoms. The number of thioether (sulfide) groups is 1. The maximum Gasteiger partial charge on any atom is 0.288 e. The zero-order valence-electron chi connectivity index (χ0n) is 9.66. The molecular weight excluding hydrogens is 258 g/mol. The summed E-state index contributed by atoms with van der Waals surface area (Å²) in [5.74, 6) is -2.68. The van der Waals surface area contributed by atoms with E-state index in [0.29, 0.717) is 28.9 Å². The Morgan fingerprint density at radius 1 is 1.44 bits per heavy atom. The van der Waals surface area contributed by atoms with Gasteiger partial charge in [-0.3, -0.25) is 4.79 Å². The number of hydrogen-bond donors (Lipinski definition) is 2. The van der Waals surface area contributed by atoms with Gasteiger partial charge in [-0.25, -0.2) is 0 Å². The molecule has 3 N–H and O–H groups in total. The summed E-state index contributed by atoms with van der Waals surface area (Å²) in [4.78, 5) is 12.3. The molecule has 0 spiro atoms. The maximum absolute atomic E-state index is 12.4. The number of anilines is 1. The first-order valence-corrected chi connectivity index (χ1v) is 6.51. The summed E-state index contributed by atoms with van der Waals surface area (Å²) in [6.45, 7) is 0.295. The van der Waals surface area contributed by atoms with Gasteiger partial charge in [0.2, 0.25) is 5.91 Å². The van der Waals surface area contributed by atoms with Gasteiger partial charge in [-0.1, -0.05) is 23.9 Å². The third kappa shape index (κ3) is 2.81. The smallest absolute Gasteiger partial charge is 0.288 e. The minimum absolute atomic E-state index is 0.174. The van der Waals surface area contributed by atoms with Gasteiger partial charge in [-0.2, -0.15) is 8.78 Å². The van der Waals surface area contributed by atoms with Gasteiger partial charge in [0.25, 0.3) is 5.76 Å². The van der Waals surface area contributed by atoms with Crippen molar-refractivity contribution in [3.05, 3.63) is 24.3 Å². The molecule has 1 aliphatic carbocycles. The zero-order valence-corrected chi connectivity index (χ0v) is 10.5. The van der Waals surface area contributed by atoms with Gasteiger partial charge in [0.05, 0.1) is 11.1 Å². The molecular formula is C12H14F2N2OS. The van der Waals surface area contributed by atoms with Crippen molar-refractivity contribution in [2.75, 3.05) is 11.9 Å². The highest BCUT2D eigenvalue weighted by molar-refractivity contribution is 7.99. The topological polar surface area (TPSA) is 55.1 Å². The lowest BCUT2D eigenvalue weighted by atomic mass is 10.1. The van der Waals surface area contributed by atoms with Crippen molar-refractivity contribution in [1.82, 2.24) is 0 Å². The molecule has 3 nitrogen and oxygen atoms in total. The first-order valence-electron chi connectivity index (χ1n) is 5.63. The number of alkyl halides is 2. The Morgan fingerprint density at radius 3 is 2.67 bits per heavy atom. The molecule has 6 heteroatoms. The van der Waals surface area contributed by atoms with Crippen LogP contribution in [0.3, 0.4) is 0 Å². The van der Waals surface area contributed by atoms with E-state index in [1.807, 2.05) is 0 Å². The van der Waals surface area contributed by atoms with Crippen molar-refractivity contribution in [2.45, 2.75) is 23.5 Å². The Hall–Kier alpha value is -1.14. The van der Waals surface area contributed by atoms with E-state index in [2.05, 4.69) is 5.32 Å². The van der Waals surface area contributed by atoms with Crippen LogP contribution in [-0.2, 0) is 4.79 Å². The number of halogens is 2. The molecule has 98 valence electrons. The number of hydrogen-bond acceptors (Lipinski definition) is 3. The predicted molar refractivity (Wildman–Crippen MR) is 67.7 cm³/mol. The van der Waals surface area contributed by atoms with Gasteiger partial charge in [0.15, 0.2) is 0 Å². The maximum atomic E-state index is 12.4. The standard InChI is InChI=1S/C12H14F2N2OS/c13-11(14)18-9-4-2-1-3-8(9)16-10(17)12(7-15)5-6-12/h1-4,11H,5-7,15H2,(H,16,17). The van der Waals surface area contributed by atoms with Crippen LogP contribution in [0.5, 0.6) is 0 Å². The first-order chi connectivity index (χ1) is 8.57. The number of nitrogens with two attached hydrogens (primary N) is 1. The highest BCUT2D eigenvalue weighted by atomic mass is 32.2. The van der Waals surface area contributed by atoms with Gasteiger partial charge in [-0.15, -0.1) is 0 Å². The molecule has 0 heterocycles. The molecule has 2 rings (SSSR count). The Morgan fingerprint density at radius 2 is 2.11 bits per heavy atom. The SMILES string of the molecule is NCC1(C(=O)Nc2ccccc2SC(F)F)CC1. The van der Waals surface area contributed by atoms with Crippen molar-refractivity contribution in [3.63, 3.8) is 0 Å². The first kappa shape index (κ1) is 13.3. The molecule has 0 aliphatic heterocycles. The summed E-state index contributed by atoms with van der Waals surface area (Å²) in [7, 11) is 0. The lowest BCUT2D eigenvalue weighted by molar-refractivity contribution is -0.120. The van der Waals surface area contributed by atoms with Crippen molar-refractivity contribution in [1.29, 1.82) is 0 Å². The van der Waals surface area contributed by atoms with E-state index in [1.54, 1.807) is 24.3 Å². The van der Waals surface area contributed by atoms with Crippen LogP contribution in [0.15, 0.2) is 29.2 Å². The van der Waals surface area contributed by atoms with E-state index < -0.39 is 11.2 Å². The number of benzene rings is 1. The van der Waals surface area contributed by atoms with Gasteiger partial charge in [0.1, 0.15) is 0 Å². The van der Waals surface area contributed by atoms with Crippen LogP contribution in [-0.4, -0.2) is 18.2 Å². The van der Waals surface area contributed by atoms with Crippen molar-refractivity contribution in [3.8, 4) is 0 Å². The molecule has 1 aromatic rings. The fourth-order valence-corrected chi connectivity index (χ4v) is 2.29. The second-order valence-electron chi connectivity index (χ2n) is 4.31. The van der Waals surface area contributed by atoms with E-state index in [4.69, 9.17) is 5.73 Å².